The number of rotatable bonds is 3. The van der Waals surface area contributed by atoms with Crippen LogP contribution in [0.4, 0.5) is 0 Å². The highest BCUT2D eigenvalue weighted by Crippen LogP contribution is 2.37. The van der Waals surface area contributed by atoms with E-state index in [-0.39, 0.29) is 6.04 Å². The maximum Gasteiger partial charge on any atom is 0.0951 e. The summed E-state index contributed by atoms with van der Waals surface area (Å²) in [7, 11) is 0. The summed E-state index contributed by atoms with van der Waals surface area (Å²) in [6.07, 6.45) is 7.88. The molecule has 4 heteroatoms. The lowest BCUT2D eigenvalue weighted by atomic mass is 10.0. The molecule has 3 heterocycles. The van der Waals surface area contributed by atoms with Crippen molar-refractivity contribution in [3.63, 3.8) is 0 Å². The van der Waals surface area contributed by atoms with E-state index in [4.69, 9.17) is 5.73 Å². The molecule has 0 spiro atoms. The van der Waals surface area contributed by atoms with Crippen LogP contribution in [0, 0.1) is 5.92 Å². The van der Waals surface area contributed by atoms with Gasteiger partial charge in [0.05, 0.1) is 18.1 Å². The molecule has 2 aliphatic heterocycles. The Hall–Kier alpha value is -0.870. The van der Waals surface area contributed by atoms with Gasteiger partial charge >= 0.3 is 0 Å². The van der Waals surface area contributed by atoms with Gasteiger partial charge in [-0.05, 0) is 31.7 Å². The fourth-order valence-corrected chi connectivity index (χ4v) is 3.57. The zero-order chi connectivity index (χ0) is 12.7. The molecule has 1 aromatic heterocycles. The van der Waals surface area contributed by atoms with Crippen LogP contribution in [0.25, 0.3) is 0 Å². The van der Waals surface area contributed by atoms with Crippen LogP contribution in [0.5, 0.6) is 0 Å². The average molecular weight is 248 g/mol. The van der Waals surface area contributed by atoms with Gasteiger partial charge in [-0.15, -0.1) is 0 Å². The molecule has 3 unspecified atom stereocenters. The smallest absolute Gasteiger partial charge is 0.0951 e. The summed E-state index contributed by atoms with van der Waals surface area (Å²) in [5.74, 6) is 0.460. The summed E-state index contributed by atoms with van der Waals surface area (Å²) in [6.45, 7) is 6.88. The topological polar surface area (TPSA) is 47.1 Å². The second-order valence-electron chi connectivity index (χ2n) is 6.10. The van der Waals surface area contributed by atoms with Crippen LogP contribution in [0.2, 0.25) is 0 Å². The van der Waals surface area contributed by atoms with Gasteiger partial charge in [0, 0.05) is 24.8 Å². The molecule has 0 bridgehead atoms. The van der Waals surface area contributed by atoms with Crippen molar-refractivity contribution in [1.82, 2.24) is 14.5 Å². The van der Waals surface area contributed by atoms with Crippen molar-refractivity contribution >= 4 is 0 Å². The Morgan fingerprint density at radius 2 is 2.11 bits per heavy atom. The average Bonchev–Trinajstić information content (AvgIpc) is 3.02. The van der Waals surface area contributed by atoms with E-state index in [0.717, 1.165) is 6.04 Å². The minimum atomic E-state index is 0.1000. The molecule has 0 saturated carbocycles. The van der Waals surface area contributed by atoms with E-state index in [0.29, 0.717) is 12.0 Å². The van der Waals surface area contributed by atoms with Crippen molar-refractivity contribution in [2.24, 2.45) is 11.7 Å². The molecule has 100 valence electrons. The Morgan fingerprint density at radius 3 is 2.89 bits per heavy atom. The minimum Gasteiger partial charge on any atom is -0.328 e. The number of aromatic nitrogens is 2. The number of nitrogens with zero attached hydrogens (tertiary/aromatic N) is 3. The van der Waals surface area contributed by atoms with Gasteiger partial charge in [-0.3, -0.25) is 4.90 Å². The zero-order valence-corrected chi connectivity index (χ0v) is 11.4. The number of imidazole rings is 1. The van der Waals surface area contributed by atoms with E-state index in [1.807, 2.05) is 12.5 Å². The van der Waals surface area contributed by atoms with Gasteiger partial charge in [-0.2, -0.15) is 0 Å². The van der Waals surface area contributed by atoms with Crippen molar-refractivity contribution in [3.05, 3.63) is 18.2 Å². The first kappa shape index (κ1) is 12.2. The Morgan fingerprint density at radius 1 is 1.28 bits per heavy atom. The normalized spacial score (nSPS) is 30.0. The van der Waals surface area contributed by atoms with E-state index in [1.165, 1.54) is 38.0 Å². The van der Waals surface area contributed by atoms with Gasteiger partial charge in [0.2, 0.25) is 0 Å². The van der Waals surface area contributed by atoms with Gasteiger partial charge in [-0.25, -0.2) is 4.98 Å². The highest BCUT2D eigenvalue weighted by Gasteiger charge is 2.39. The molecule has 4 nitrogen and oxygen atoms in total. The molecule has 18 heavy (non-hydrogen) atoms. The summed E-state index contributed by atoms with van der Waals surface area (Å²) in [5.41, 5.74) is 7.53. The first-order chi connectivity index (χ1) is 8.68. The molecule has 0 aromatic carbocycles. The lowest BCUT2D eigenvalue weighted by Gasteiger charge is -2.26. The van der Waals surface area contributed by atoms with Crippen molar-refractivity contribution in [3.8, 4) is 0 Å². The van der Waals surface area contributed by atoms with Crippen LogP contribution in [-0.4, -0.2) is 33.6 Å². The number of hydrogen-bond donors (Lipinski definition) is 1. The third-order valence-electron chi connectivity index (χ3n) is 4.68. The molecule has 2 aliphatic rings. The molecule has 0 radical (unpaired) electrons. The third kappa shape index (κ3) is 1.88. The predicted octanol–water partition coefficient (Wildman–Crippen LogP) is 1.95. The maximum absolute atomic E-state index is 6.31. The summed E-state index contributed by atoms with van der Waals surface area (Å²) >= 11 is 0. The van der Waals surface area contributed by atoms with Gasteiger partial charge in [-0.1, -0.05) is 13.8 Å². The molecule has 0 amide bonds. The first-order valence-corrected chi connectivity index (χ1v) is 7.20. The second-order valence-corrected chi connectivity index (χ2v) is 6.10. The molecule has 1 aromatic rings. The predicted molar refractivity (Wildman–Crippen MR) is 72.2 cm³/mol. The lowest BCUT2D eigenvalue weighted by Crippen LogP contribution is -2.29. The molecule has 2 N–H and O–H groups in total. The number of hydrogen-bond acceptors (Lipinski definition) is 3. The van der Waals surface area contributed by atoms with Gasteiger partial charge < -0.3 is 10.3 Å². The van der Waals surface area contributed by atoms with E-state index in [9.17, 15) is 0 Å². The molecule has 0 aliphatic carbocycles. The Bertz CT molecular complexity index is 412. The van der Waals surface area contributed by atoms with Crippen LogP contribution < -0.4 is 5.73 Å². The maximum atomic E-state index is 6.31. The lowest BCUT2D eigenvalue weighted by molar-refractivity contribution is 0.285. The van der Waals surface area contributed by atoms with E-state index >= 15 is 0 Å². The van der Waals surface area contributed by atoms with Crippen molar-refractivity contribution in [2.75, 3.05) is 13.1 Å². The Kier molecular flexibility index (Phi) is 3.16. The monoisotopic (exact) mass is 248 g/mol. The molecule has 3 rings (SSSR count). The van der Waals surface area contributed by atoms with Crippen LogP contribution in [0.15, 0.2) is 12.5 Å². The largest absolute Gasteiger partial charge is 0.328 e. The zero-order valence-electron chi connectivity index (χ0n) is 11.4. The molecule has 3 atom stereocenters. The van der Waals surface area contributed by atoms with Gasteiger partial charge in [0.15, 0.2) is 0 Å². The fraction of sp³-hybridized carbons (Fsp3) is 0.786. The van der Waals surface area contributed by atoms with Crippen LogP contribution in [0.1, 0.15) is 50.9 Å². The van der Waals surface area contributed by atoms with Crippen molar-refractivity contribution in [1.29, 1.82) is 0 Å². The van der Waals surface area contributed by atoms with Gasteiger partial charge in [0.25, 0.3) is 0 Å². The first-order valence-electron chi connectivity index (χ1n) is 7.20. The van der Waals surface area contributed by atoms with Crippen molar-refractivity contribution < 1.29 is 0 Å². The second kappa shape index (κ2) is 4.67. The Balaban J connectivity index is 1.86. The third-order valence-corrected chi connectivity index (χ3v) is 4.68. The highest BCUT2D eigenvalue weighted by molar-refractivity contribution is 5.10. The molecule has 2 fully saturated rings. The van der Waals surface area contributed by atoms with Gasteiger partial charge in [0.1, 0.15) is 0 Å². The van der Waals surface area contributed by atoms with E-state index in [2.05, 4.69) is 28.3 Å². The minimum absolute atomic E-state index is 0.1000. The SMILES string of the molecule is CC(C)C(N)c1cncn1C1CCN2CCCC12. The fourth-order valence-electron chi connectivity index (χ4n) is 3.57. The molecular formula is C14H24N4. The molecule has 2 saturated heterocycles. The van der Waals surface area contributed by atoms with Crippen LogP contribution in [-0.2, 0) is 0 Å². The van der Waals surface area contributed by atoms with E-state index < -0.39 is 0 Å². The van der Waals surface area contributed by atoms with Crippen LogP contribution in [0.3, 0.4) is 0 Å². The van der Waals surface area contributed by atoms with Crippen molar-refractivity contribution in [2.45, 2.75) is 51.2 Å². The van der Waals surface area contributed by atoms with Crippen LogP contribution >= 0.6 is 0 Å². The summed E-state index contributed by atoms with van der Waals surface area (Å²) < 4.78 is 2.36. The molecular weight excluding hydrogens is 224 g/mol. The summed E-state index contributed by atoms with van der Waals surface area (Å²) in [4.78, 5) is 6.98. The summed E-state index contributed by atoms with van der Waals surface area (Å²) in [5, 5.41) is 0. The highest BCUT2D eigenvalue weighted by atomic mass is 15.3. The number of nitrogens with two attached hydrogens (primary N) is 1. The summed E-state index contributed by atoms with van der Waals surface area (Å²) in [6, 6.07) is 1.41. The number of fused-ring (bicyclic) bond motifs is 1. The quantitative estimate of drug-likeness (QED) is 0.889. The Labute approximate surface area is 109 Å². The van der Waals surface area contributed by atoms with E-state index in [1.54, 1.807) is 0 Å². The standard InChI is InChI=1S/C14H24N4/c1-10(2)14(15)13-8-16-9-18(13)12-5-7-17-6-3-4-11(12)17/h8-12,14H,3-7,15H2,1-2H3.